The number of ether oxygens (including phenoxy) is 1. The zero-order chi connectivity index (χ0) is 19.0. The van der Waals surface area contributed by atoms with Gasteiger partial charge in [0.1, 0.15) is 5.75 Å². The quantitative estimate of drug-likeness (QED) is 0.726. The lowest BCUT2D eigenvalue weighted by atomic mass is 9.71. The summed E-state index contributed by atoms with van der Waals surface area (Å²) in [5, 5.41) is 10.9. The second kappa shape index (κ2) is 7.01. The summed E-state index contributed by atoms with van der Waals surface area (Å²) >= 11 is 0. The van der Waals surface area contributed by atoms with Crippen molar-refractivity contribution in [3.05, 3.63) is 28.8 Å². The molecular formula is C22H34O3. The molecule has 3 nitrogen and oxygen atoms in total. The van der Waals surface area contributed by atoms with E-state index in [0.29, 0.717) is 5.75 Å². The summed E-state index contributed by atoms with van der Waals surface area (Å²) in [5.41, 5.74) is 2.78. The number of benzene rings is 1. The van der Waals surface area contributed by atoms with Crippen LogP contribution in [0.25, 0.3) is 0 Å². The van der Waals surface area contributed by atoms with E-state index in [0.717, 1.165) is 36.8 Å². The second-order valence-electron chi connectivity index (χ2n) is 9.49. The number of esters is 1. The van der Waals surface area contributed by atoms with Gasteiger partial charge in [-0.25, -0.2) is 0 Å². The number of phenols is 1. The summed E-state index contributed by atoms with van der Waals surface area (Å²) in [6, 6.07) is 4.24. The molecule has 1 aliphatic rings. The molecule has 0 radical (unpaired) electrons. The molecule has 2 rings (SSSR count). The number of carbonyl (C=O) groups excluding carboxylic acids is 1. The second-order valence-corrected chi connectivity index (χ2v) is 9.49. The van der Waals surface area contributed by atoms with Crippen LogP contribution in [0.5, 0.6) is 5.75 Å². The van der Waals surface area contributed by atoms with Gasteiger partial charge in [-0.15, -0.1) is 0 Å². The van der Waals surface area contributed by atoms with Crippen molar-refractivity contribution in [2.75, 3.05) is 7.11 Å². The standard InChI is InChI=1S/C22H34O3/c1-21(2,3)17-12-14(13-18(19(17)23)22(4,5)6)15-10-8-9-11-16(15)20(24)25-7/h12-13,15-16,23H,8-11H2,1-7H3. The van der Waals surface area contributed by atoms with Gasteiger partial charge in [0.15, 0.2) is 0 Å². The third kappa shape index (κ3) is 4.19. The van der Waals surface area contributed by atoms with Gasteiger partial charge in [-0.3, -0.25) is 4.79 Å². The monoisotopic (exact) mass is 346 g/mol. The fourth-order valence-electron chi connectivity index (χ4n) is 3.98. The molecule has 0 amide bonds. The summed E-state index contributed by atoms with van der Waals surface area (Å²) in [6.07, 6.45) is 4.09. The van der Waals surface area contributed by atoms with E-state index in [1.54, 1.807) is 0 Å². The predicted octanol–water partition coefficient (Wildman–Crippen LogP) is 5.43. The summed E-state index contributed by atoms with van der Waals surface area (Å²) in [4.78, 5) is 12.3. The maximum Gasteiger partial charge on any atom is 0.309 e. The number of carbonyl (C=O) groups is 1. The smallest absolute Gasteiger partial charge is 0.309 e. The molecule has 1 saturated carbocycles. The van der Waals surface area contributed by atoms with Crippen molar-refractivity contribution in [3.63, 3.8) is 0 Å². The first kappa shape index (κ1) is 19.8. The van der Waals surface area contributed by atoms with E-state index in [1.165, 1.54) is 12.7 Å². The Morgan fingerprint density at radius 3 is 1.92 bits per heavy atom. The largest absolute Gasteiger partial charge is 0.507 e. The van der Waals surface area contributed by atoms with E-state index < -0.39 is 0 Å². The van der Waals surface area contributed by atoms with Crippen molar-refractivity contribution < 1.29 is 14.6 Å². The third-order valence-corrected chi connectivity index (χ3v) is 5.45. The normalized spacial score (nSPS) is 21.9. The lowest BCUT2D eigenvalue weighted by Gasteiger charge is -2.33. The lowest BCUT2D eigenvalue weighted by Crippen LogP contribution is -2.28. The first-order chi connectivity index (χ1) is 11.5. The Balaban J connectivity index is 2.62. The molecule has 1 aromatic rings. The first-order valence-electron chi connectivity index (χ1n) is 9.42. The van der Waals surface area contributed by atoms with Crippen molar-refractivity contribution in [2.45, 2.75) is 84.0 Å². The molecular weight excluding hydrogens is 312 g/mol. The van der Waals surface area contributed by atoms with E-state index >= 15 is 0 Å². The van der Waals surface area contributed by atoms with Gasteiger partial charge in [0.25, 0.3) is 0 Å². The Morgan fingerprint density at radius 1 is 1.00 bits per heavy atom. The van der Waals surface area contributed by atoms with Crippen LogP contribution in [0.1, 0.15) is 89.8 Å². The molecule has 3 heteroatoms. The first-order valence-corrected chi connectivity index (χ1v) is 9.42. The fraction of sp³-hybridized carbons (Fsp3) is 0.682. The van der Waals surface area contributed by atoms with Gasteiger partial charge in [0, 0.05) is 0 Å². The topological polar surface area (TPSA) is 46.5 Å². The highest BCUT2D eigenvalue weighted by Crippen LogP contribution is 2.45. The molecule has 1 N–H and O–H groups in total. The van der Waals surface area contributed by atoms with Crippen molar-refractivity contribution in [1.82, 2.24) is 0 Å². The molecule has 0 saturated heterocycles. The summed E-state index contributed by atoms with van der Waals surface area (Å²) < 4.78 is 5.07. The van der Waals surface area contributed by atoms with Crippen molar-refractivity contribution >= 4 is 5.97 Å². The van der Waals surface area contributed by atoms with Gasteiger partial charge in [-0.1, -0.05) is 66.5 Å². The summed E-state index contributed by atoms with van der Waals surface area (Å²) in [7, 11) is 1.48. The van der Waals surface area contributed by atoms with Crippen molar-refractivity contribution in [3.8, 4) is 5.75 Å². The molecule has 0 spiro atoms. The van der Waals surface area contributed by atoms with Crippen LogP contribution in [0.2, 0.25) is 0 Å². The number of rotatable bonds is 2. The number of hydrogen-bond acceptors (Lipinski definition) is 3. The Hall–Kier alpha value is -1.51. The van der Waals surface area contributed by atoms with Crippen LogP contribution in [-0.2, 0) is 20.4 Å². The highest BCUT2D eigenvalue weighted by atomic mass is 16.5. The highest BCUT2D eigenvalue weighted by Gasteiger charge is 2.35. The summed E-state index contributed by atoms with van der Waals surface area (Å²) in [6.45, 7) is 12.7. The predicted molar refractivity (Wildman–Crippen MR) is 102 cm³/mol. The number of phenolic OH excluding ortho intramolecular Hbond substituents is 1. The van der Waals surface area contributed by atoms with Crippen LogP contribution in [-0.4, -0.2) is 18.2 Å². The van der Waals surface area contributed by atoms with Crippen molar-refractivity contribution in [2.24, 2.45) is 5.92 Å². The van der Waals surface area contributed by atoms with Gasteiger partial charge in [-0.05, 0) is 46.3 Å². The third-order valence-electron chi connectivity index (χ3n) is 5.45. The number of methoxy groups -OCH3 is 1. The minimum absolute atomic E-state index is 0.0797. The van der Waals surface area contributed by atoms with Crippen LogP contribution in [0.4, 0.5) is 0 Å². The fourth-order valence-corrected chi connectivity index (χ4v) is 3.98. The summed E-state index contributed by atoms with van der Waals surface area (Å²) in [5.74, 6) is 0.384. The number of hydrogen-bond donors (Lipinski definition) is 1. The Morgan fingerprint density at radius 2 is 1.48 bits per heavy atom. The molecule has 2 atom stereocenters. The van der Waals surface area contributed by atoms with E-state index in [9.17, 15) is 9.90 Å². The minimum atomic E-state index is -0.157. The molecule has 0 bridgehead atoms. The van der Waals surface area contributed by atoms with E-state index in [1.807, 2.05) is 0 Å². The molecule has 1 fully saturated rings. The molecule has 140 valence electrons. The van der Waals surface area contributed by atoms with Gasteiger partial charge in [0.05, 0.1) is 13.0 Å². The maximum atomic E-state index is 12.3. The average molecular weight is 347 g/mol. The molecule has 25 heavy (non-hydrogen) atoms. The van der Waals surface area contributed by atoms with E-state index in [-0.39, 0.29) is 28.6 Å². The Kier molecular flexibility index (Phi) is 5.56. The van der Waals surface area contributed by atoms with Gasteiger partial charge >= 0.3 is 5.97 Å². The van der Waals surface area contributed by atoms with E-state index in [2.05, 4.69) is 53.7 Å². The van der Waals surface area contributed by atoms with Crippen LogP contribution in [0.15, 0.2) is 12.1 Å². The van der Waals surface area contributed by atoms with E-state index in [4.69, 9.17) is 4.74 Å². The minimum Gasteiger partial charge on any atom is -0.507 e. The molecule has 0 aliphatic heterocycles. The van der Waals surface area contributed by atoms with Gasteiger partial charge in [0.2, 0.25) is 0 Å². The zero-order valence-corrected chi connectivity index (χ0v) is 16.9. The van der Waals surface area contributed by atoms with Gasteiger partial charge in [-0.2, -0.15) is 0 Å². The molecule has 1 aromatic carbocycles. The Labute approximate surface area is 152 Å². The van der Waals surface area contributed by atoms with Gasteiger partial charge < -0.3 is 9.84 Å². The van der Waals surface area contributed by atoms with Crippen LogP contribution < -0.4 is 0 Å². The van der Waals surface area contributed by atoms with Crippen LogP contribution >= 0.6 is 0 Å². The number of aromatic hydroxyl groups is 1. The average Bonchev–Trinajstić information content (AvgIpc) is 2.52. The molecule has 0 heterocycles. The zero-order valence-electron chi connectivity index (χ0n) is 16.9. The van der Waals surface area contributed by atoms with Crippen LogP contribution in [0, 0.1) is 5.92 Å². The highest BCUT2D eigenvalue weighted by molar-refractivity contribution is 5.74. The lowest BCUT2D eigenvalue weighted by molar-refractivity contribution is -0.147. The SMILES string of the molecule is COC(=O)C1CCCCC1c1cc(C(C)(C)C)c(O)c(C(C)(C)C)c1. The van der Waals surface area contributed by atoms with Crippen molar-refractivity contribution in [1.29, 1.82) is 0 Å². The molecule has 1 aliphatic carbocycles. The Bertz CT molecular complexity index is 597. The van der Waals surface area contributed by atoms with Crippen LogP contribution in [0.3, 0.4) is 0 Å². The maximum absolute atomic E-state index is 12.3. The molecule has 0 aromatic heterocycles. The molecule has 2 unspecified atom stereocenters.